The molecular weight excluding hydrogens is 160 g/mol. The molecule has 0 aromatic rings. The van der Waals surface area contributed by atoms with Gasteiger partial charge in [0.1, 0.15) is 0 Å². The first-order valence-corrected chi connectivity index (χ1v) is 2.78. The summed E-state index contributed by atoms with van der Waals surface area (Å²) in [5, 5.41) is 0. The molecule has 0 heterocycles. The van der Waals surface area contributed by atoms with Crippen LogP contribution < -0.4 is 0 Å². The Kier molecular flexibility index (Phi) is 3.61. The van der Waals surface area contributed by atoms with Crippen molar-refractivity contribution < 1.29 is 17.6 Å². The summed E-state index contributed by atoms with van der Waals surface area (Å²) in [6.07, 6.45) is -2.32. The van der Waals surface area contributed by atoms with Crippen molar-refractivity contribution in [3.05, 3.63) is 29.8 Å². The van der Waals surface area contributed by atoms with Crippen molar-refractivity contribution in [1.82, 2.24) is 0 Å². The van der Waals surface area contributed by atoms with Gasteiger partial charge in [0.2, 0.25) is 5.83 Å². The van der Waals surface area contributed by atoms with Crippen LogP contribution in [0.2, 0.25) is 0 Å². The molecule has 0 aromatic heterocycles. The fourth-order valence-electron chi connectivity index (χ4n) is 0.312. The Morgan fingerprint density at radius 3 is 2.27 bits per heavy atom. The van der Waals surface area contributed by atoms with Crippen LogP contribution >= 0.6 is 0 Å². The SMILES string of the molecule is CC=C=CC=C(F)C(F)(F)F. The third-order valence-electron chi connectivity index (χ3n) is 0.763. The van der Waals surface area contributed by atoms with Gasteiger partial charge in [0, 0.05) is 0 Å². The van der Waals surface area contributed by atoms with E-state index in [1.54, 1.807) is 6.92 Å². The Hall–Kier alpha value is -1.02. The third kappa shape index (κ3) is 4.39. The molecule has 0 amide bonds. The zero-order valence-electron chi connectivity index (χ0n) is 5.74. The number of alkyl halides is 3. The summed E-state index contributed by atoms with van der Waals surface area (Å²) >= 11 is 0. The normalized spacial score (nSPS) is 12.3. The molecule has 0 radical (unpaired) electrons. The Morgan fingerprint density at radius 2 is 1.91 bits per heavy atom. The fraction of sp³-hybridized carbons (Fsp3) is 0.286. The summed E-state index contributed by atoms with van der Waals surface area (Å²) < 4.78 is 46.0. The first-order chi connectivity index (χ1) is 4.98. The number of hydrogen-bond donors (Lipinski definition) is 0. The van der Waals surface area contributed by atoms with Gasteiger partial charge in [-0.05, 0) is 25.2 Å². The Labute approximate surface area is 61.5 Å². The predicted octanol–water partition coefficient (Wildman–Crippen LogP) is 3.13. The molecule has 62 valence electrons. The van der Waals surface area contributed by atoms with E-state index in [1.807, 2.05) is 0 Å². The van der Waals surface area contributed by atoms with Crippen molar-refractivity contribution in [2.24, 2.45) is 0 Å². The zero-order valence-corrected chi connectivity index (χ0v) is 5.74. The molecule has 11 heavy (non-hydrogen) atoms. The van der Waals surface area contributed by atoms with E-state index in [2.05, 4.69) is 5.73 Å². The van der Waals surface area contributed by atoms with Gasteiger partial charge in [0.05, 0.1) is 0 Å². The lowest BCUT2D eigenvalue weighted by molar-refractivity contribution is -0.108. The minimum atomic E-state index is -4.88. The zero-order chi connectivity index (χ0) is 8.91. The van der Waals surface area contributed by atoms with E-state index < -0.39 is 12.0 Å². The molecule has 4 heteroatoms. The second kappa shape index (κ2) is 3.98. The smallest absolute Gasteiger partial charge is 0.202 e. The Balaban J connectivity index is 4.36. The predicted molar refractivity (Wildman–Crippen MR) is 33.6 cm³/mol. The molecule has 0 bridgehead atoms. The molecule has 0 aliphatic heterocycles. The summed E-state index contributed by atoms with van der Waals surface area (Å²) in [5.41, 5.74) is 2.28. The van der Waals surface area contributed by atoms with Gasteiger partial charge in [-0.1, -0.05) is 0 Å². The number of allylic oxidation sites excluding steroid dienone is 3. The molecule has 0 rings (SSSR count). The lowest BCUT2D eigenvalue weighted by Gasteiger charge is -1.99. The maximum Gasteiger partial charge on any atom is 0.442 e. The molecule has 0 unspecified atom stereocenters. The average molecular weight is 166 g/mol. The second-order valence-electron chi connectivity index (χ2n) is 1.63. The van der Waals surface area contributed by atoms with Crippen LogP contribution in [0.3, 0.4) is 0 Å². The highest BCUT2D eigenvalue weighted by atomic mass is 19.4. The number of rotatable bonds is 1. The molecule has 0 aromatic carbocycles. The molecule has 0 fully saturated rings. The topological polar surface area (TPSA) is 0 Å². The van der Waals surface area contributed by atoms with Crippen LogP contribution in [0.4, 0.5) is 17.6 Å². The van der Waals surface area contributed by atoms with Crippen molar-refractivity contribution in [2.45, 2.75) is 13.1 Å². The minimum absolute atomic E-state index is 0.319. The second-order valence-corrected chi connectivity index (χ2v) is 1.63. The molecule has 0 aliphatic rings. The summed E-state index contributed by atoms with van der Waals surface area (Å²) in [6.45, 7) is 1.57. The van der Waals surface area contributed by atoms with Gasteiger partial charge < -0.3 is 0 Å². The van der Waals surface area contributed by atoms with Gasteiger partial charge in [-0.25, -0.2) is 4.39 Å². The first-order valence-electron chi connectivity index (χ1n) is 2.78. The van der Waals surface area contributed by atoms with Crippen molar-refractivity contribution in [3.8, 4) is 0 Å². The number of halogens is 4. The van der Waals surface area contributed by atoms with E-state index in [-0.39, 0.29) is 0 Å². The Bertz CT molecular complexity index is 203. The summed E-state index contributed by atoms with van der Waals surface area (Å²) in [6, 6.07) is 0. The van der Waals surface area contributed by atoms with Gasteiger partial charge in [-0.2, -0.15) is 13.2 Å². The van der Waals surface area contributed by atoms with Gasteiger partial charge in [0.15, 0.2) is 0 Å². The largest absolute Gasteiger partial charge is 0.442 e. The minimum Gasteiger partial charge on any atom is -0.202 e. The lowest BCUT2D eigenvalue weighted by Crippen LogP contribution is -2.07. The van der Waals surface area contributed by atoms with Crippen molar-refractivity contribution in [3.63, 3.8) is 0 Å². The highest BCUT2D eigenvalue weighted by Gasteiger charge is 2.33. The highest BCUT2D eigenvalue weighted by Crippen LogP contribution is 2.25. The van der Waals surface area contributed by atoms with Crippen LogP contribution in [0.15, 0.2) is 29.8 Å². The standard InChI is InChI=1S/C7H6F4/c1-2-3-4-5-6(8)7(9,10)11/h2,4-5H,1H3. The van der Waals surface area contributed by atoms with Crippen molar-refractivity contribution in [2.75, 3.05) is 0 Å². The Morgan fingerprint density at radius 1 is 1.36 bits per heavy atom. The molecule has 0 spiro atoms. The molecular formula is C7H6F4. The van der Waals surface area contributed by atoms with E-state index in [1.165, 1.54) is 6.08 Å². The van der Waals surface area contributed by atoms with E-state index >= 15 is 0 Å². The van der Waals surface area contributed by atoms with Gasteiger partial charge >= 0.3 is 6.18 Å². The highest BCUT2D eigenvalue weighted by molar-refractivity contribution is 5.10. The maximum atomic E-state index is 11.9. The lowest BCUT2D eigenvalue weighted by atomic mass is 10.4. The summed E-state index contributed by atoms with van der Waals surface area (Å²) in [7, 11) is 0. The van der Waals surface area contributed by atoms with E-state index in [0.29, 0.717) is 6.08 Å². The number of hydrogen-bond acceptors (Lipinski definition) is 0. The quantitative estimate of drug-likeness (QED) is 0.319. The molecule has 0 saturated carbocycles. The van der Waals surface area contributed by atoms with Crippen LogP contribution in [0.5, 0.6) is 0 Å². The van der Waals surface area contributed by atoms with Crippen molar-refractivity contribution in [1.29, 1.82) is 0 Å². The van der Waals surface area contributed by atoms with E-state index in [9.17, 15) is 17.6 Å². The van der Waals surface area contributed by atoms with Crippen LogP contribution in [-0.2, 0) is 0 Å². The molecule has 0 aliphatic carbocycles. The van der Waals surface area contributed by atoms with E-state index in [0.717, 1.165) is 6.08 Å². The van der Waals surface area contributed by atoms with Crippen LogP contribution in [0, 0.1) is 0 Å². The maximum absolute atomic E-state index is 11.9. The van der Waals surface area contributed by atoms with Crippen LogP contribution in [0.1, 0.15) is 6.92 Å². The summed E-state index contributed by atoms with van der Waals surface area (Å²) in [5.74, 6) is -2.12. The van der Waals surface area contributed by atoms with Gasteiger partial charge in [-0.15, -0.1) is 5.73 Å². The van der Waals surface area contributed by atoms with Gasteiger partial charge in [0.25, 0.3) is 0 Å². The first kappa shape index (κ1) is 9.98. The summed E-state index contributed by atoms with van der Waals surface area (Å²) in [4.78, 5) is 0. The van der Waals surface area contributed by atoms with E-state index in [4.69, 9.17) is 0 Å². The molecule has 0 atom stereocenters. The van der Waals surface area contributed by atoms with Crippen LogP contribution in [-0.4, -0.2) is 6.18 Å². The molecule has 0 saturated heterocycles. The van der Waals surface area contributed by atoms with Gasteiger partial charge in [-0.3, -0.25) is 0 Å². The average Bonchev–Trinajstić information content (AvgIpc) is 1.86. The molecule has 0 nitrogen and oxygen atoms in total. The monoisotopic (exact) mass is 166 g/mol. The van der Waals surface area contributed by atoms with Crippen molar-refractivity contribution >= 4 is 0 Å². The third-order valence-corrected chi connectivity index (χ3v) is 0.763. The molecule has 0 N–H and O–H groups in total. The van der Waals surface area contributed by atoms with Crippen LogP contribution in [0.25, 0.3) is 0 Å². The fourth-order valence-corrected chi connectivity index (χ4v) is 0.312.